The fraction of sp³-hybridized carbons (Fsp3) is 0.0625. The first-order valence-corrected chi connectivity index (χ1v) is 8.37. The van der Waals surface area contributed by atoms with E-state index in [0.717, 1.165) is 21.8 Å². The second-order valence-electron chi connectivity index (χ2n) is 4.56. The summed E-state index contributed by atoms with van der Waals surface area (Å²) in [6.45, 7) is 0. The minimum atomic E-state index is 0.569. The molecule has 0 N–H and O–H groups in total. The molecule has 2 heterocycles. The lowest BCUT2D eigenvalue weighted by Gasteiger charge is -2.06. The molecule has 4 nitrogen and oxygen atoms in total. The van der Waals surface area contributed by atoms with Crippen molar-refractivity contribution >= 4 is 40.8 Å². The molecule has 0 saturated carbocycles. The number of benzene rings is 1. The zero-order valence-corrected chi connectivity index (χ0v) is 14.5. The molecule has 0 unspecified atom stereocenters. The Kier molecular flexibility index (Phi) is 4.91. The van der Waals surface area contributed by atoms with Crippen LogP contribution in [0.15, 0.2) is 58.1 Å². The number of rotatable bonds is 3. The fourth-order valence-electron chi connectivity index (χ4n) is 2.01. The summed E-state index contributed by atoms with van der Waals surface area (Å²) in [5, 5.41) is 7.63. The van der Waals surface area contributed by atoms with Gasteiger partial charge in [0.1, 0.15) is 0 Å². The molecule has 3 rings (SSSR count). The summed E-state index contributed by atoms with van der Waals surface area (Å²) in [6.07, 6.45) is 3.41. The van der Waals surface area contributed by atoms with E-state index in [1.807, 2.05) is 29.6 Å². The maximum Gasteiger partial charge on any atom is 0.205 e. The third-order valence-electron chi connectivity index (χ3n) is 3.08. The Labute approximate surface area is 147 Å². The molecule has 0 fully saturated rings. The van der Waals surface area contributed by atoms with Crippen LogP contribution in [0.5, 0.6) is 0 Å². The minimum Gasteiger partial charge on any atom is -0.261 e. The highest BCUT2D eigenvalue weighted by atomic mass is 35.5. The Bertz CT molecular complexity index is 913. The van der Waals surface area contributed by atoms with E-state index in [1.165, 1.54) is 11.3 Å². The molecule has 0 spiro atoms. The quantitative estimate of drug-likeness (QED) is 0.639. The first kappa shape index (κ1) is 15.9. The molecule has 1 aromatic carbocycles. The predicted molar refractivity (Wildman–Crippen MR) is 96.5 cm³/mol. The molecular formula is C16H12Cl2N4S. The smallest absolute Gasteiger partial charge is 0.205 e. The Morgan fingerprint density at radius 2 is 2.09 bits per heavy atom. The molecule has 0 aliphatic carbocycles. The molecule has 3 aromatic rings. The lowest BCUT2D eigenvalue weighted by atomic mass is 10.2. The molecular weight excluding hydrogens is 351 g/mol. The van der Waals surface area contributed by atoms with E-state index in [9.17, 15) is 0 Å². The van der Waals surface area contributed by atoms with Crippen molar-refractivity contribution in [3.8, 4) is 11.3 Å². The van der Waals surface area contributed by atoms with Gasteiger partial charge in [0.05, 0.1) is 22.6 Å². The minimum absolute atomic E-state index is 0.569. The summed E-state index contributed by atoms with van der Waals surface area (Å²) in [6, 6.07) is 11.0. The van der Waals surface area contributed by atoms with Gasteiger partial charge in [0.15, 0.2) is 0 Å². The van der Waals surface area contributed by atoms with Gasteiger partial charge in [0.25, 0.3) is 0 Å². The number of nitrogens with zero attached hydrogens (tertiary/aromatic N) is 4. The summed E-state index contributed by atoms with van der Waals surface area (Å²) in [5.41, 5.74) is 2.46. The van der Waals surface area contributed by atoms with Crippen molar-refractivity contribution in [1.82, 2.24) is 9.66 Å². The average Bonchev–Trinajstić information content (AvgIpc) is 2.96. The largest absolute Gasteiger partial charge is 0.261 e. The van der Waals surface area contributed by atoms with Crippen LogP contribution in [0.4, 0.5) is 0 Å². The highest BCUT2D eigenvalue weighted by Gasteiger charge is 2.11. The third kappa shape index (κ3) is 3.52. The van der Waals surface area contributed by atoms with Gasteiger partial charge < -0.3 is 0 Å². The molecule has 0 amide bonds. The van der Waals surface area contributed by atoms with E-state index in [4.69, 9.17) is 23.2 Å². The number of aromatic nitrogens is 2. The van der Waals surface area contributed by atoms with Gasteiger partial charge in [-0.25, -0.2) is 4.68 Å². The first-order chi connectivity index (χ1) is 11.2. The number of halogens is 2. The number of pyridine rings is 1. The molecule has 7 heteroatoms. The van der Waals surface area contributed by atoms with Crippen LogP contribution in [0.25, 0.3) is 11.3 Å². The van der Waals surface area contributed by atoms with Crippen molar-refractivity contribution in [3.05, 3.63) is 68.5 Å². The molecule has 0 saturated heterocycles. The molecule has 116 valence electrons. The van der Waals surface area contributed by atoms with Crippen molar-refractivity contribution in [1.29, 1.82) is 0 Å². The van der Waals surface area contributed by atoms with Crippen LogP contribution in [0.3, 0.4) is 0 Å². The maximum atomic E-state index is 6.32. The van der Waals surface area contributed by atoms with Gasteiger partial charge in [-0.15, -0.1) is 11.3 Å². The number of hydrogen-bond donors (Lipinski definition) is 0. The molecule has 2 aromatic heterocycles. The SMILES string of the molecule is CN=c1scc(-c2ccc(Cl)cc2Cl)n1/N=C/c1ccccn1. The monoisotopic (exact) mass is 362 g/mol. The lowest BCUT2D eigenvalue weighted by molar-refractivity contribution is 0.847. The van der Waals surface area contributed by atoms with E-state index in [1.54, 1.807) is 36.3 Å². The topological polar surface area (TPSA) is 42.5 Å². The number of hydrogen-bond acceptors (Lipinski definition) is 4. The Hall–Kier alpha value is -1.95. The molecule has 0 aliphatic rings. The van der Waals surface area contributed by atoms with E-state index < -0.39 is 0 Å². The summed E-state index contributed by atoms with van der Waals surface area (Å²) >= 11 is 13.8. The van der Waals surface area contributed by atoms with Crippen LogP contribution in [0.1, 0.15) is 5.69 Å². The molecule has 0 atom stereocenters. The zero-order chi connectivity index (χ0) is 16.2. The molecule has 23 heavy (non-hydrogen) atoms. The normalized spacial score (nSPS) is 12.2. The maximum absolute atomic E-state index is 6.32. The second-order valence-corrected chi connectivity index (χ2v) is 6.24. The van der Waals surface area contributed by atoms with Crippen LogP contribution in [-0.4, -0.2) is 22.9 Å². The van der Waals surface area contributed by atoms with Crippen molar-refractivity contribution < 1.29 is 0 Å². The van der Waals surface area contributed by atoms with Crippen molar-refractivity contribution in [2.45, 2.75) is 0 Å². The van der Waals surface area contributed by atoms with Gasteiger partial charge in [-0.1, -0.05) is 29.3 Å². The molecule has 0 aliphatic heterocycles. The van der Waals surface area contributed by atoms with Crippen molar-refractivity contribution in [3.63, 3.8) is 0 Å². The van der Waals surface area contributed by atoms with E-state index in [2.05, 4.69) is 15.1 Å². The third-order valence-corrected chi connectivity index (χ3v) is 4.53. The predicted octanol–water partition coefficient (Wildman–Crippen LogP) is 4.33. The van der Waals surface area contributed by atoms with E-state index in [0.29, 0.717) is 10.0 Å². The highest BCUT2D eigenvalue weighted by molar-refractivity contribution is 7.07. The van der Waals surface area contributed by atoms with Crippen molar-refractivity contribution in [2.24, 2.45) is 10.1 Å². The molecule has 0 bridgehead atoms. The molecule has 0 radical (unpaired) electrons. The Balaban J connectivity index is 2.10. The fourth-order valence-corrected chi connectivity index (χ4v) is 3.31. The van der Waals surface area contributed by atoms with Crippen molar-refractivity contribution in [2.75, 3.05) is 7.05 Å². The summed E-state index contributed by atoms with van der Waals surface area (Å²) in [7, 11) is 1.73. The number of thiazole rings is 1. The Morgan fingerprint density at radius 3 is 2.78 bits per heavy atom. The van der Waals surface area contributed by atoms with Gasteiger partial charge in [-0.05, 0) is 30.3 Å². The summed E-state index contributed by atoms with van der Waals surface area (Å²) in [5.74, 6) is 0. The second kappa shape index (κ2) is 7.08. The van der Waals surface area contributed by atoms with Crippen LogP contribution in [-0.2, 0) is 0 Å². The van der Waals surface area contributed by atoms with Gasteiger partial charge in [0, 0.05) is 29.2 Å². The van der Waals surface area contributed by atoms with Crippen LogP contribution < -0.4 is 4.80 Å². The first-order valence-electron chi connectivity index (χ1n) is 6.73. The van der Waals surface area contributed by atoms with Gasteiger partial charge >= 0.3 is 0 Å². The van der Waals surface area contributed by atoms with Gasteiger partial charge in [0.2, 0.25) is 4.80 Å². The average molecular weight is 363 g/mol. The van der Waals surface area contributed by atoms with Gasteiger partial charge in [-0.2, -0.15) is 5.10 Å². The van der Waals surface area contributed by atoms with Crippen LogP contribution >= 0.6 is 34.5 Å². The highest BCUT2D eigenvalue weighted by Crippen LogP contribution is 2.30. The Morgan fingerprint density at radius 1 is 1.22 bits per heavy atom. The van der Waals surface area contributed by atoms with E-state index >= 15 is 0 Å². The van der Waals surface area contributed by atoms with Crippen LogP contribution in [0, 0.1) is 0 Å². The van der Waals surface area contributed by atoms with Crippen LogP contribution in [0.2, 0.25) is 10.0 Å². The standard InChI is InChI=1S/C16H12Cl2N4S/c1-19-16-22(21-9-12-4-2-3-7-20-12)15(10-23-16)13-6-5-11(17)8-14(13)18/h2-10H,1H3/b19-16?,21-9+. The lowest BCUT2D eigenvalue weighted by Crippen LogP contribution is -2.11. The summed E-state index contributed by atoms with van der Waals surface area (Å²) < 4.78 is 1.74. The summed E-state index contributed by atoms with van der Waals surface area (Å²) in [4.78, 5) is 9.25. The zero-order valence-electron chi connectivity index (χ0n) is 12.1. The van der Waals surface area contributed by atoms with Gasteiger partial charge in [-0.3, -0.25) is 9.98 Å². The van der Waals surface area contributed by atoms with E-state index in [-0.39, 0.29) is 0 Å².